The van der Waals surface area contributed by atoms with Gasteiger partial charge < -0.3 is 25.4 Å². The number of methoxy groups -OCH3 is 1. The van der Waals surface area contributed by atoms with E-state index in [0.29, 0.717) is 37.1 Å². The molecule has 1 amide bonds. The van der Waals surface area contributed by atoms with E-state index < -0.39 is 0 Å². The molecular formula is C19H31IN4O3. The summed E-state index contributed by atoms with van der Waals surface area (Å²) >= 11 is 0. The van der Waals surface area contributed by atoms with Gasteiger partial charge in [-0.1, -0.05) is 12.1 Å². The van der Waals surface area contributed by atoms with E-state index in [9.17, 15) is 4.79 Å². The SMILES string of the molecule is CCNC(=NCC(C)Oc1ccccc1OC)NCCNC(=O)C1CC1.I. The molecule has 0 radical (unpaired) electrons. The second-order valence-corrected chi connectivity index (χ2v) is 6.29. The van der Waals surface area contributed by atoms with E-state index in [1.54, 1.807) is 7.11 Å². The van der Waals surface area contributed by atoms with Crippen LogP contribution in [0.2, 0.25) is 0 Å². The highest BCUT2D eigenvalue weighted by molar-refractivity contribution is 14.0. The zero-order valence-electron chi connectivity index (χ0n) is 16.3. The van der Waals surface area contributed by atoms with Gasteiger partial charge in [-0.3, -0.25) is 4.79 Å². The number of halogens is 1. The van der Waals surface area contributed by atoms with Crippen LogP contribution in [0.3, 0.4) is 0 Å². The zero-order valence-corrected chi connectivity index (χ0v) is 18.6. The molecule has 3 N–H and O–H groups in total. The first-order valence-corrected chi connectivity index (χ1v) is 9.23. The highest BCUT2D eigenvalue weighted by Gasteiger charge is 2.28. The third kappa shape index (κ3) is 8.68. The maximum atomic E-state index is 11.6. The van der Waals surface area contributed by atoms with Crippen molar-refractivity contribution in [2.75, 3.05) is 33.3 Å². The Morgan fingerprint density at radius 3 is 2.48 bits per heavy atom. The lowest BCUT2D eigenvalue weighted by Gasteiger charge is -2.16. The molecule has 152 valence electrons. The van der Waals surface area contributed by atoms with Crippen molar-refractivity contribution in [3.05, 3.63) is 24.3 Å². The van der Waals surface area contributed by atoms with Crippen molar-refractivity contribution in [1.29, 1.82) is 0 Å². The van der Waals surface area contributed by atoms with Gasteiger partial charge in [0.25, 0.3) is 0 Å². The second kappa shape index (κ2) is 12.6. The number of rotatable bonds is 10. The Balaban J connectivity index is 0.00000364. The number of guanidine groups is 1. The van der Waals surface area contributed by atoms with Gasteiger partial charge in [0.2, 0.25) is 5.91 Å². The third-order valence-electron chi connectivity index (χ3n) is 3.91. The van der Waals surface area contributed by atoms with E-state index in [-0.39, 0.29) is 41.9 Å². The monoisotopic (exact) mass is 490 g/mol. The van der Waals surface area contributed by atoms with Gasteiger partial charge in [-0.2, -0.15) is 0 Å². The Labute approximate surface area is 178 Å². The van der Waals surface area contributed by atoms with Gasteiger partial charge in [-0.15, -0.1) is 24.0 Å². The molecule has 1 unspecified atom stereocenters. The summed E-state index contributed by atoms with van der Waals surface area (Å²) in [6.45, 7) is 6.47. The molecule has 27 heavy (non-hydrogen) atoms. The van der Waals surface area contributed by atoms with E-state index in [1.165, 1.54) is 0 Å². The summed E-state index contributed by atoms with van der Waals surface area (Å²) in [4.78, 5) is 16.2. The van der Waals surface area contributed by atoms with E-state index in [0.717, 1.165) is 19.4 Å². The van der Waals surface area contributed by atoms with Crippen LogP contribution in [0.4, 0.5) is 0 Å². The standard InChI is InChI=1S/C19H30N4O3.HI/c1-4-20-19(22-12-11-21-18(24)15-9-10-15)23-13-14(2)26-17-8-6-5-7-16(17)25-3;/h5-8,14-15H,4,9-13H2,1-3H3,(H,21,24)(H2,20,22,23);1H. The Morgan fingerprint density at radius 1 is 1.19 bits per heavy atom. The Hall–Kier alpha value is -1.71. The highest BCUT2D eigenvalue weighted by Crippen LogP contribution is 2.28. The number of carbonyl (C=O) groups is 1. The van der Waals surface area contributed by atoms with Crippen LogP contribution < -0.4 is 25.4 Å². The van der Waals surface area contributed by atoms with E-state index in [1.807, 2.05) is 38.1 Å². The number of hydrogen-bond donors (Lipinski definition) is 3. The number of carbonyl (C=O) groups excluding carboxylic acids is 1. The number of nitrogens with one attached hydrogen (secondary N) is 3. The number of hydrogen-bond acceptors (Lipinski definition) is 4. The van der Waals surface area contributed by atoms with Crippen LogP contribution >= 0.6 is 24.0 Å². The molecule has 1 aromatic rings. The summed E-state index contributed by atoms with van der Waals surface area (Å²) in [5.41, 5.74) is 0. The highest BCUT2D eigenvalue weighted by atomic mass is 127. The van der Waals surface area contributed by atoms with Crippen LogP contribution in [0.25, 0.3) is 0 Å². The molecule has 7 nitrogen and oxygen atoms in total. The third-order valence-corrected chi connectivity index (χ3v) is 3.91. The van der Waals surface area contributed by atoms with Crippen molar-refractivity contribution in [3.63, 3.8) is 0 Å². The summed E-state index contributed by atoms with van der Waals surface area (Å²) in [6, 6.07) is 7.57. The minimum absolute atomic E-state index is 0. The average molecular weight is 490 g/mol. The second-order valence-electron chi connectivity index (χ2n) is 6.29. The first kappa shape index (κ1) is 23.3. The van der Waals surface area contributed by atoms with Crippen LogP contribution in [0.5, 0.6) is 11.5 Å². The quantitative estimate of drug-likeness (QED) is 0.203. The number of para-hydroxylation sites is 2. The number of ether oxygens (including phenoxy) is 2. The molecule has 0 bridgehead atoms. The fraction of sp³-hybridized carbons (Fsp3) is 0.579. The van der Waals surface area contributed by atoms with Gasteiger partial charge in [-0.25, -0.2) is 4.99 Å². The molecule has 0 heterocycles. The molecule has 2 rings (SSSR count). The van der Waals surface area contributed by atoms with Crippen LogP contribution in [-0.4, -0.2) is 51.3 Å². The number of amides is 1. The van der Waals surface area contributed by atoms with Crippen LogP contribution in [0, 0.1) is 5.92 Å². The smallest absolute Gasteiger partial charge is 0.223 e. The van der Waals surface area contributed by atoms with Crippen molar-refractivity contribution in [2.45, 2.75) is 32.8 Å². The lowest BCUT2D eigenvalue weighted by Crippen LogP contribution is -2.42. The minimum Gasteiger partial charge on any atom is -0.493 e. The summed E-state index contributed by atoms with van der Waals surface area (Å²) in [5.74, 6) is 2.53. The molecule has 0 aromatic heterocycles. The topological polar surface area (TPSA) is 84.0 Å². The molecule has 1 atom stereocenters. The van der Waals surface area contributed by atoms with Gasteiger partial charge >= 0.3 is 0 Å². The first-order chi connectivity index (χ1) is 12.6. The van der Waals surface area contributed by atoms with E-state index in [2.05, 4.69) is 20.9 Å². The normalized spacial score (nSPS) is 14.6. The summed E-state index contributed by atoms with van der Waals surface area (Å²) in [7, 11) is 1.63. The van der Waals surface area contributed by atoms with Crippen molar-refractivity contribution < 1.29 is 14.3 Å². The molecule has 1 aliphatic carbocycles. The average Bonchev–Trinajstić information content (AvgIpc) is 3.48. The van der Waals surface area contributed by atoms with Crippen LogP contribution in [0.1, 0.15) is 26.7 Å². The molecule has 1 fully saturated rings. The van der Waals surface area contributed by atoms with Crippen molar-refractivity contribution in [1.82, 2.24) is 16.0 Å². The largest absolute Gasteiger partial charge is 0.493 e. The maximum absolute atomic E-state index is 11.6. The van der Waals surface area contributed by atoms with E-state index >= 15 is 0 Å². The first-order valence-electron chi connectivity index (χ1n) is 9.23. The Morgan fingerprint density at radius 2 is 1.85 bits per heavy atom. The molecule has 0 spiro atoms. The molecule has 0 aliphatic heterocycles. The maximum Gasteiger partial charge on any atom is 0.223 e. The van der Waals surface area contributed by atoms with Crippen molar-refractivity contribution in [3.8, 4) is 11.5 Å². The van der Waals surface area contributed by atoms with Gasteiger partial charge in [0.05, 0.1) is 13.7 Å². The lowest BCUT2D eigenvalue weighted by molar-refractivity contribution is -0.122. The van der Waals surface area contributed by atoms with Crippen molar-refractivity contribution in [2.24, 2.45) is 10.9 Å². The minimum atomic E-state index is -0.101. The summed E-state index contributed by atoms with van der Waals surface area (Å²) in [5, 5.41) is 9.34. The summed E-state index contributed by atoms with van der Waals surface area (Å²) in [6.07, 6.45) is 1.94. The zero-order chi connectivity index (χ0) is 18.8. The van der Waals surface area contributed by atoms with Crippen LogP contribution in [0.15, 0.2) is 29.3 Å². The fourth-order valence-corrected chi connectivity index (χ4v) is 2.39. The molecule has 1 saturated carbocycles. The van der Waals surface area contributed by atoms with Gasteiger partial charge in [0.15, 0.2) is 17.5 Å². The van der Waals surface area contributed by atoms with E-state index in [4.69, 9.17) is 9.47 Å². The predicted molar refractivity (Wildman–Crippen MR) is 118 cm³/mol. The lowest BCUT2D eigenvalue weighted by atomic mass is 10.3. The number of nitrogens with zero attached hydrogens (tertiary/aromatic N) is 1. The molecule has 0 saturated heterocycles. The van der Waals surface area contributed by atoms with Gasteiger partial charge in [-0.05, 0) is 38.8 Å². The predicted octanol–water partition coefficient (Wildman–Crippen LogP) is 2.16. The molecule has 1 aliphatic rings. The van der Waals surface area contributed by atoms with Crippen LogP contribution in [-0.2, 0) is 4.79 Å². The Bertz CT molecular complexity index is 608. The molecule has 1 aromatic carbocycles. The molecular weight excluding hydrogens is 459 g/mol. The molecule has 8 heteroatoms. The summed E-state index contributed by atoms with van der Waals surface area (Å²) < 4.78 is 11.2. The van der Waals surface area contributed by atoms with Crippen molar-refractivity contribution >= 4 is 35.8 Å². The number of benzene rings is 1. The fourth-order valence-electron chi connectivity index (χ4n) is 2.39. The van der Waals surface area contributed by atoms with Gasteiger partial charge in [0, 0.05) is 25.6 Å². The van der Waals surface area contributed by atoms with Gasteiger partial charge in [0.1, 0.15) is 6.10 Å². The Kier molecular flexibility index (Phi) is 10.9. The number of aliphatic imine (C=N–C) groups is 1.